The van der Waals surface area contributed by atoms with Gasteiger partial charge in [-0.1, -0.05) is 34.1 Å². The maximum Gasteiger partial charge on any atom is 0.244 e. The van der Waals surface area contributed by atoms with Crippen molar-refractivity contribution >= 4 is 27.9 Å². The van der Waals surface area contributed by atoms with Gasteiger partial charge in [0.15, 0.2) is 11.5 Å². The number of carbonyl (C=O) groups is 1. The largest absolute Gasteiger partial charge is 0.493 e. The zero-order valence-electron chi connectivity index (χ0n) is 16.1. The van der Waals surface area contributed by atoms with Crippen molar-refractivity contribution in [1.82, 2.24) is 20.3 Å². The molecule has 0 saturated carbocycles. The van der Waals surface area contributed by atoms with Gasteiger partial charge >= 0.3 is 0 Å². The first-order valence-corrected chi connectivity index (χ1v) is 9.74. The first-order valence-electron chi connectivity index (χ1n) is 8.95. The molecule has 0 saturated heterocycles. The number of carbonyl (C=O) groups excluding carboxylic acids is 1. The Morgan fingerprint density at radius 2 is 1.90 bits per heavy atom. The average molecular weight is 457 g/mol. The van der Waals surface area contributed by atoms with Gasteiger partial charge in [-0.25, -0.2) is 0 Å². The summed E-state index contributed by atoms with van der Waals surface area (Å²) in [6, 6.07) is 13.3. The van der Waals surface area contributed by atoms with Gasteiger partial charge in [0.2, 0.25) is 5.91 Å². The van der Waals surface area contributed by atoms with Gasteiger partial charge < -0.3 is 14.8 Å². The van der Waals surface area contributed by atoms with Gasteiger partial charge in [0.25, 0.3) is 0 Å². The lowest BCUT2D eigenvalue weighted by Gasteiger charge is -2.12. The van der Waals surface area contributed by atoms with E-state index in [4.69, 9.17) is 9.47 Å². The number of aromatic nitrogens is 3. The summed E-state index contributed by atoms with van der Waals surface area (Å²) in [5.74, 6) is 1.10. The van der Waals surface area contributed by atoms with E-state index in [1.165, 1.54) is 10.9 Å². The van der Waals surface area contributed by atoms with Gasteiger partial charge in [-0.2, -0.15) is 9.90 Å². The SMILES string of the molecule is COc1cc(Br)c(CCNC(=O)/C=C/c2cnn(-c3ccccc3)n2)cc1OC. The Hall–Kier alpha value is -3.13. The van der Waals surface area contributed by atoms with E-state index in [1.807, 2.05) is 42.5 Å². The summed E-state index contributed by atoms with van der Waals surface area (Å²) in [4.78, 5) is 13.6. The number of halogens is 1. The number of nitrogens with zero attached hydrogens (tertiary/aromatic N) is 3. The quantitative estimate of drug-likeness (QED) is 0.525. The lowest BCUT2D eigenvalue weighted by atomic mass is 10.1. The third-order valence-corrected chi connectivity index (χ3v) is 4.89. The summed E-state index contributed by atoms with van der Waals surface area (Å²) >= 11 is 3.52. The molecule has 0 fully saturated rings. The third-order valence-electron chi connectivity index (χ3n) is 4.15. The summed E-state index contributed by atoms with van der Waals surface area (Å²) in [6.45, 7) is 0.480. The topological polar surface area (TPSA) is 78.3 Å². The number of amides is 1. The van der Waals surface area contributed by atoms with Crippen LogP contribution >= 0.6 is 15.9 Å². The van der Waals surface area contributed by atoms with E-state index in [0.29, 0.717) is 30.2 Å². The van der Waals surface area contributed by atoms with Crippen molar-refractivity contribution in [2.24, 2.45) is 0 Å². The summed E-state index contributed by atoms with van der Waals surface area (Å²) in [5.41, 5.74) is 2.47. The summed E-state index contributed by atoms with van der Waals surface area (Å²) in [6.07, 6.45) is 5.33. The van der Waals surface area contributed by atoms with Crippen LogP contribution in [-0.2, 0) is 11.2 Å². The van der Waals surface area contributed by atoms with Crippen LogP contribution in [0.4, 0.5) is 0 Å². The Morgan fingerprint density at radius 1 is 1.17 bits per heavy atom. The number of para-hydroxylation sites is 1. The smallest absolute Gasteiger partial charge is 0.244 e. The van der Waals surface area contributed by atoms with Crippen LogP contribution in [0.3, 0.4) is 0 Å². The van der Waals surface area contributed by atoms with E-state index in [0.717, 1.165) is 15.7 Å². The van der Waals surface area contributed by atoms with Gasteiger partial charge in [0.05, 0.1) is 26.1 Å². The number of rotatable bonds is 8. The predicted molar refractivity (Wildman–Crippen MR) is 114 cm³/mol. The second-order valence-corrected chi connectivity index (χ2v) is 6.92. The van der Waals surface area contributed by atoms with Crippen molar-refractivity contribution in [2.75, 3.05) is 20.8 Å². The molecule has 1 heterocycles. The minimum absolute atomic E-state index is 0.198. The molecular formula is C21H21BrN4O3. The molecule has 1 N–H and O–H groups in total. The highest BCUT2D eigenvalue weighted by Gasteiger charge is 2.09. The van der Waals surface area contributed by atoms with Crippen LogP contribution < -0.4 is 14.8 Å². The Labute approximate surface area is 177 Å². The fourth-order valence-corrected chi connectivity index (χ4v) is 3.19. The Bertz CT molecular complexity index is 1000. The van der Waals surface area contributed by atoms with Gasteiger partial charge in [-0.15, -0.1) is 5.10 Å². The molecule has 2 aromatic carbocycles. The highest BCUT2D eigenvalue weighted by Crippen LogP contribution is 2.33. The van der Waals surface area contributed by atoms with Crippen LogP contribution in [0.5, 0.6) is 11.5 Å². The standard InChI is InChI=1S/C21H21BrN4O3/c1-28-19-12-15(18(22)13-20(19)29-2)10-11-23-21(27)9-8-16-14-24-26(25-16)17-6-4-3-5-7-17/h3-9,12-14H,10-11H2,1-2H3,(H,23,27)/b9-8+. The van der Waals surface area contributed by atoms with Crippen molar-refractivity contribution < 1.29 is 14.3 Å². The van der Waals surface area contributed by atoms with Crippen LogP contribution in [0, 0.1) is 0 Å². The lowest BCUT2D eigenvalue weighted by molar-refractivity contribution is -0.116. The molecule has 0 aliphatic heterocycles. The zero-order chi connectivity index (χ0) is 20.6. The van der Waals surface area contributed by atoms with E-state index >= 15 is 0 Å². The number of benzene rings is 2. The van der Waals surface area contributed by atoms with Crippen LogP contribution in [-0.4, -0.2) is 41.7 Å². The van der Waals surface area contributed by atoms with E-state index < -0.39 is 0 Å². The maximum absolute atomic E-state index is 12.1. The van der Waals surface area contributed by atoms with Gasteiger partial charge in [-0.3, -0.25) is 4.79 Å². The van der Waals surface area contributed by atoms with E-state index in [9.17, 15) is 4.79 Å². The average Bonchev–Trinajstić information content (AvgIpc) is 3.23. The molecule has 0 spiro atoms. The summed E-state index contributed by atoms with van der Waals surface area (Å²) in [7, 11) is 3.19. The molecule has 150 valence electrons. The fourth-order valence-electron chi connectivity index (χ4n) is 2.67. The Morgan fingerprint density at radius 3 is 2.62 bits per heavy atom. The first kappa shape index (κ1) is 20.6. The van der Waals surface area contributed by atoms with Crippen LogP contribution in [0.1, 0.15) is 11.3 Å². The molecule has 3 rings (SSSR count). The fraction of sp³-hybridized carbons (Fsp3) is 0.190. The van der Waals surface area contributed by atoms with Crippen LogP contribution in [0.15, 0.2) is 59.2 Å². The summed E-state index contributed by atoms with van der Waals surface area (Å²) < 4.78 is 11.5. The monoisotopic (exact) mass is 456 g/mol. The number of hydrogen-bond acceptors (Lipinski definition) is 5. The number of methoxy groups -OCH3 is 2. The van der Waals surface area contributed by atoms with Crippen molar-refractivity contribution in [3.63, 3.8) is 0 Å². The van der Waals surface area contributed by atoms with Crippen LogP contribution in [0.25, 0.3) is 11.8 Å². The molecule has 1 aromatic heterocycles. The molecule has 0 radical (unpaired) electrons. The van der Waals surface area contributed by atoms with Crippen molar-refractivity contribution in [2.45, 2.75) is 6.42 Å². The molecule has 0 aliphatic rings. The molecule has 0 aliphatic carbocycles. The van der Waals surface area contributed by atoms with Crippen molar-refractivity contribution in [3.8, 4) is 17.2 Å². The van der Waals surface area contributed by atoms with E-state index in [-0.39, 0.29) is 5.91 Å². The number of nitrogens with one attached hydrogen (secondary N) is 1. The van der Waals surface area contributed by atoms with Crippen molar-refractivity contribution in [3.05, 3.63) is 70.5 Å². The van der Waals surface area contributed by atoms with Gasteiger partial charge in [0, 0.05) is 17.1 Å². The predicted octanol–water partition coefficient (Wildman–Crippen LogP) is 3.42. The highest BCUT2D eigenvalue weighted by molar-refractivity contribution is 9.10. The highest BCUT2D eigenvalue weighted by atomic mass is 79.9. The zero-order valence-corrected chi connectivity index (χ0v) is 17.7. The molecule has 0 unspecified atom stereocenters. The maximum atomic E-state index is 12.1. The molecule has 0 atom stereocenters. The van der Waals surface area contributed by atoms with Crippen LogP contribution in [0.2, 0.25) is 0 Å². The summed E-state index contributed by atoms with van der Waals surface area (Å²) in [5, 5.41) is 11.4. The molecule has 29 heavy (non-hydrogen) atoms. The molecule has 0 bridgehead atoms. The number of hydrogen-bond donors (Lipinski definition) is 1. The molecule has 8 heteroatoms. The molecule has 1 amide bonds. The minimum atomic E-state index is -0.198. The lowest BCUT2D eigenvalue weighted by Crippen LogP contribution is -2.23. The Balaban J connectivity index is 1.54. The normalized spacial score (nSPS) is 10.9. The van der Waals surface area contributed by atoms with E-state index in [1.54, 1.807) is 26.5 Å². The third kappa shape index (κ3) is 5.45. The second-order valence-electron chi connectivity index (χ2n) is 6.07. The molecule has 7 nitrogen and oxygen atoms in total. The minimum Gasteiger partial charge on any atom is -0.493 e. The second kappa shape index (κ2) is 9.88. The molecule has 3 aromatic rings. The number of ether oxygens (including phenoxy) is 2. The first-order chi connectivity index (χ1) is 14.1. The van der Waals surface area contributed by atoms with E-state index in [2.05, 4.69) is 31.4 Å². The molecular weight excluding hydrogens is 436 g/mol. The van der Waals surface area contributed by atoms with Gasteiger partial charge in [0.1, 0.15) is 5.69 Å². The van der Waals surface area contributed by atoms with Gasteiger partial charge in [-0.05, 0) is 42.3 Å². The van der Waals surface area contributed by atoms with Crippen molar-refractivity contribution in [1.29, 1.82) is 0 Å². The Kier molecular flexibility index (Phi) is 7.02.